The summed E-state index contributed by atoms with van der Waals surface area (Å²) in [5.74, 6) is 0. The first kappa shape index (κ1) is 14.7. The molecule has 1 N–H and O–H groups in total. The van der Waals surface area contributed by atoms with Gasteiger partial charge in [0.05, 0.1) is 11.8 Å². The lowest BCUT2D eigenvalue weighted by molar-refractivity contribution is 0.126. The quantitative estimate of drug-likeness (QED) is 0.710. The van der Waals surface area contributed by atoms with Crippen LogP contribution in [0.2, 0.25) is 0 Å². The van der Waals surface area contributed by atoms with E-state index < -0.39 is 28.2 Å². The SMILES string of the molecule is CCNCC(C)S(=O)(=O)N(C)CC(F)F. The highest BCUT2D eigenvalue weighted by atomic mass is 32.2. The third-order valence-corrected chi connectivity index (χ3v) is 4.22. The summed E-state index contributed by atoms with van der Waals surface area (Å²) < 4.78 is 48.0. The van der Waals surface area contributed by atoms with Crippen LogP contribution >= 0.6 is 0 Å². The van der Waals surface area contributed by atoms with Crippen molar-refractivity contribution in [2.75, 3.05) is 26.7 Å². The number of alkyl halides is 2. The minimum Gasteiger partial charge on any atom is -0.316 e. The maximum Gasteiger partial charge on any atom is 0.252 e. The summed E-state index contributed by atoms with van der Waals surface area (Å²) in [7, 11) is -2.44. The predicted octanol–water partition coefficient (Wildman–Crippen LogP) is 0.511. The minimum absolute atomic E-state index is 0.270. The second-order valence-electron chi connectivity index (χ2n) is 3.33. The van der Waals surface area contributed by atoms with Gasteiger partial charge in [0.25, 0.3) is 6.43 Å². The second-order valence-corrected chi connectivity index (χ2v) is 5.79. The highest BCUT2D eigenvalue weighted by Gasteiger charge is 2.27. The van der Waals surface area contributed by atoms with Crippen molar-refractivity contribution < 1.29 is 17.2 Å². The fourth-order valence-electron chi connectivity index (χ4n) is 1.06. The largest absolute Gasteiger partial charge is 0.316 e. The van der Waals surface area contributed by atoms with Gasteiger partial charge >= 0.3 is 0 Å². The number of halogens is 2. The van der Waals surface area contributed by atoms with Gasteiger partial charge in [-0.15, -0.1) is 0 Å². The van der Waals surface area contributed by atoms with Crippen LogP contribution in [0.25, 0.3) is 0 Å². The number of nitrogens with one attached hydrogen (secondary N) is 1. The van der Waals surface area contributed by atoms with E-state index in [0.717, 1.165) is 0 Å². The van der Waals surface area contributed by atoms with E-state index in [4.69, 9.17) is 0 Å². The van der Waals surface area contributed by atoms with Crippen LogP contribution in [0.5, 0.6) is 0 Å². The first-order valence-electron chi connectivity index (χ1n) is 4.76. The molecule has 1 atom stereocenters. The maximum atomic E-state index is 12.0. The molecule has 0 radical (unpaired) electrons. The highest BCUT2D eigenvalue weighted by Crippen LogP contribution is 2.08. The van der Waals surface area contributed by atoms with Crippen molar-refractivity contribution in [1.82, 2.24) is 9.62 Å². The van der Waals surface area contributed by atoms with Crippen molar-refractivity contribution in [3.05, 3.63) is 0 Å². The van der Waals surface area contributed by atoms with Gasteiger partial charge in [-0.2, -0.15) is 4.31 Å². The Balaban J connectivity index is 4.38. The molecule has 0 bridgehead atoms. The molecule has 0 spiro atoms. The number of rotatable bonds is 7. The molecule has 1 unspecified atom stereocenters. The maximum absolute atomic E-state index is 12.0. The van der Waals surface area contributed by atoms with Crippen LogP contribution in [0.1, 0.15) is 13.8 Å². The number of sulfonamides is 1. The van der Waals surface area contributed by atoms with E-state index in [-0.39, 0.29) is 6.54 Å². The van der Waals surface area contributed by atoms with Crippen molar-refractivity contribution in [1.29, 1.82) is 0 Å². The molecule has 0 fully saturated rings. The normalized spacial score (nSPS) is 14.9. The molecule has 0 aromatic rings. The summed E-state index contributed by atoms with van der Waals surface area (Å²) in [6, 6.07) is 0. The molecule has 0 amide bonds. The summed E-state index contributed by atoms with van der Waals surface area (Å²) >= 11 is 0. The Morgan fingerprint density at radius 1 is 1.40 bits per heavy atom. The number of hydrogen-bond donors (Lipinski definition) is 1. The Morgan fingerprint density at radius 3 is 2.33 bits per heavy atom. The number of hydrogen-bond acceptors (Lipinski definition) is 3. The zero-order chi connectivity index (χ0) is 12.1. The molecule has 0 rings (SSSR count). The average molecular weight is 244 g/mol. The Kier molecular flexibility index (Phi) is 6.23. The van der Waals surface area contributed by atoms with E-state index in [1.165, 1.54) is 14.0 Å². The Hall–Kier alpha value is -0.270. The van der Waals surface area contributed by atoms with Gasteiger partial charge in [0.15, 0.2) is 0 Å². The van der Waals surface area contributed by atoms with E-state index in [0.29, 0.717) is 10.8 Å². The van der Waals surface area contributed by atoms with Crippen LogP contribution in [0.15, 0.2) is 0 Å². The fourth-order valence-corrected chi connectivity index (χ4v) is 2.32. The second kappa shape index (κ2) is 6.34. The van der Waals surface area contributed by atoms with Crippen LogP contribution in [-0.4, -0.2) is 51.1 Å². The van der Waals surface area contributed by atoms with Crippen LogP contribution in [-0.2, 0) is 10.0 Å². The van der Waals surface area contributed by atoms with E-state index in [9.17, 15) is 17.2 Å². The van der Waals surface area contributed by atoms with E-state index >= 15 is 0 Å². The van der Waals surface area contributed by atoms with Gasteiger partial charge in [0.2, 0.25) is 10.0 Å². The van der Waals surface area contributed by atoms with Gasteiger partial charge in [-0.05, 0) is 13.5 Å². The predicted molar refractivity (Wildman–Crippen MR) is 55.6 cm³/mol. The van der Waals surface area contributed by atoms with Crippen LogP contribution < -0.4 is 5.32 Å². The van der Waals surface area contributed by atoms with E-state index in [2.05, 4.69) is 5.32 Å². The lowest BCUT2D eigenvalue weighted by Gasteiger charge is -2.21. The standard InChI is InChI=1S/C8H18F2N2O2S/c1-4-11-5-7(2)15(13,14)12(3)6-8(9)10/h7-8,11H,4-6H2,1-3H3. The molecule has 0 aromatic carbocycles. The molecule has 15 heavy (non-hydrogen) atoms. The molecule has 7 heteroatoms. The minimum atomic E-state index is -3.62. The van der Waals surface area contributed by atoms with Gasteiger partial charge in [-0.1, -0.05) is 6.92 Å². The third-order valence-electron chi connectivity index (χ3n) is 2.02. The third kappa shape index (κ3) is 4.85. The van der Waals surface area contributed by atoms with Gasteiger partial charge in [0.1, 0.15) is 0 Å². The van der Waals surface area contributed by atoms with Crippen molar-refractivity contribution in [3.8, 4) is 0 Å². The van der Waals surface area contributed by atoms with Crippen molar-refractivity contribution >= 4 is 10.0 Å². The molecule has 0 saturated heterocycles. The molecule has 0 aliphatic rings. The lowest BCUT2D eigenvalue weighted by atomic mass is 10.5. The zero-order valence-electron chi connectivity index (χ0n) is 9.20. The smallest absolute Gasteiger partial charge is 0.252 e. The Labute approximate surface area is 89.7 Å². The topological polar surface area (TPSA) is 49.4 Å². The summed E-state index contributed by atoms with van der Waals surface area (Å²) in [5.41, 5.74) is 0. The van der Waals surface area contributed by atoms with Crippen LogP contribution in [0.3, 0.4) is 0 Å². The summed E-state index contributed by atoms with van der Waals surface area (Å²) in [5, 5.41) is 2.18. The zero-order valence-corrected chi connectivity index (χ0v) is 10.0. The van der Waals surface area contributed by atoms with Crippen LogP contribution in [0.4, 0.5) is 8.78 Å². The fraction of sp³-hybridized carbons (Fsp3) is 1.00. The summed E-state index contributed by atoms with van der Waals surface area (Å²) in [6.45, 7) is 3.52. The summed E-state index contributed by atoms with van der Waals surface area (Å²) in [6.07, 6.45) is -2.64. The first-order chi connectivity index (χ1) is 6.82. The van der Waals surface area contributed by atoms with E-state index in [1.54, 1.807) is 0 Å². The molecule has 0 aliphatic carbocycles. The number of nitrogens with zero attached hydrogens (tertiary/aromatic N) is 1. The molecule has 0 aromatic heterocycles. The highest BCUT2D eigenvalue weighted by molar-refractivity contribution is 7.89. The van der Waals surface area contributed by atoms with Crippen molar-refractivity contribution in [3.63, 3.8) is 0 Å². The molecule has 92 valence electrons. The summed E-state index contributed by atoms with van der Waals surface area (Å²) in [4.78, 5) is 0. The molecule has 0 saturated carbocycles. The first-order valence-corrected chi connectivity index (χ1v) is 6.26. The Bertz CT molecular complexity index is 270. The molecular weight excluding hydrogens is 226 g/mol. The van der Waals surface area contributed by atoms with Gasteiger partial charge in [-0.3, -0.25) is 0 Å². The molecular formula is C8H18F2N2O2S. The van der Waals surface area contributed by atoms with Gasteiger partial charge < -0.3 is 5.32 Å². The molecule has 4 nitrogen and oxygen atoms in total. The van der Waals surface area contributed by atoms with Crippen LogP contribution in [0, 0.1) is 0 Å². The molecule has 0 aliphatic heterocycles. The van der Waals surface area contributed by atoms with E-state index in [1.807, 2.05) is 6.92 Å². The van der Waals surface area contributed by atoms with Gasteiger partial charge in [0, 0.05) is 13.6 Å². The molecule has 0 heterocycles. The Morgan fingerprint density at radius 2 is 1.93 bits per heavy atom. The lowest BCUT2D eigenvalue weighted by Crippen LogP contribution is -2.41. The average Bonchev–Trinajstić information content (AvgIpc) is 2.12. The van der Waals surface area contributed by atoms with Crippen molar-refractivity contribution in [2.24, 2.45) is 0 Å². The van der Waals surface area contributed by atoms with Crippen molar-refractivity contribution in [2.45, 2.75) is 25.5 Å². The van der Waals surface area contributed by atoms with Gasteiger partial charge in [-0.25, -0.2) is 17.2 Å². The monoisotopic (exact) mass is 244 g/mol.